The Morgan fingerprint density at radius 2 is 2.15 bits per heavy atom. The molecule has 0 amide bonds. The van der Waals surface area contributed by atoms with E-state index >= 15 is 0 Å². The number of guanidine groups is 1. The number of hydrogen-bond acceptors (Lipinski definition) is 4. The highest BCUT2D eigenvalue weighted by molar-refractivity contribution is 5.80. The third-order valence-corrected chi connectivity index (χ3v) is 5.57. The fourth-order valence-corrected chi connectivity index (χ4v) is 4.11. The maximum atomic E-state index is 10.0. The van der Waals surface area contributed by atoms with Crippen LogP contribution in [0.25, 0.3) is 0 Å². The number of nitriles is 1. The summed E-state index contributed by atoms with van der Waals surface area (Å²) >= 11 is 0. The van der Waals surface area contributed by atoms with E-state index in [2.05, 4.69) is 28.5 Å². The van der Waals surface area contributed by atoms with Crippen LogP contribution in [0.4, 0.5) is 5.69 Å². The summed E-state index contributed by atoms with van der Waals surface area (Å²) < 4.78 is 0. The summed E-state index contributed by atoms with van der Waals surface area (Å²) in [5.74, 6) is 1.11. The van der Waals surface area contributed by atoms with E-state index in [1.807, 2.05) is 24.3 Å². The van der Waals surface area contributed by atoms with Gasteiger partial charge in [0, 0.05) is 38.1 Å². The van der Waals surface area contributed by atoms with E-state index in [1.165, 1.54) is 0 Å². The molecule has 6 heteroatoms. The average molecular weight is 370 g/mol. The lowest BCUT2D eigenvalue weighted by molar-refractivity contribution is 0.136. The minimum absolute atomic E-state index is 0.204. The number of aliphatic hydroxyl groups is 1. The Labute approximate surface area is 162 Å². The number of nitrogens with zero attached hydrogens (tertiary/aromatic N) is 3. The highest BCUT2D eigenvalue weighted by atomic mass is 16.3. The average Bonchev–Trinajstić information content (AvgIpc) is 3.11. The van der Waals surface area contributed by atoms with Crippen LogP contribution >= 0.6 is 0 Å². The quantitative estimate of drug-likeness (QED) is 0.548. The molecule has 0 aromatic heterocycles. The third kappa shape index (κ3) is 5.14. The normalized spacial score (nSPS) is 25.9. The summed E-state index contributed by atoms with van der Waals surface area (Å²) in [5, 5.41) is 26.3. The third-order valence-electron chi connectivity index (χ3n) is 5.57. The van der Waals surface area contributed by atoms with Crippen LogP contribution < -0.4 is 15.5 Å². The molecule has 1 saturated carbocycles. The number of hydrogen-bond donors (Lipinski definition) is 3. The fraction of sp³-hybridized carbons (Fsp3) is 0.619. The van der Waals surface area contributed by atoms with Crippen LogP contribution in [0.1, 0.15) is 44.6 Å². The molecule has 3 N–H and O–H groups in total. The van der Waals surface area contributed by atoms with Crippen LogP contribution in [0.3, 0.4) is 0 Å². The monoisotopic (exact) mass is 369 g/mol. The van der Waals surface area contributed by atoms with Crippen LogP contribution in [0.5, 0.6) is 0 Å². The van der Waals surface area contributed by atoms with Gasteiger partial charge in [-0.25, -0.2) is 0 Å². The van der Waals surface area contributed by atoms with Gasteiger partial charge in [0.25, 0.3) is 0 Å². The van der Waals surface area contributed by atoms with Gasteiger partial charge in [-0.15, -0.1) is 0 Å². The van der Waals surface area contributed by atoms with Crippen molar-refractivity contribution in [1.29, 1.82) is 5.26 Å². The Morgan fingerprint density at radius 1 is 1.30 bits per heavy atom. The van der Waals surface area contributed by atoms with Crippen LogP contribution in [0.15, 0.2) is 29.3 Å². The van der Waals surface area contributed by atoms with E-state index in [-0.39, 0.29) is 18.1 Å². The van der Waals surface area contributed by atoms with E-state index in [4.69, 9.17) is 4.99 Å². The minimum Gasteiger partial charge on any atom is -0.393 e. The second kappa shape index (κ2) is 9.61. The van der Waals surface area contributed by atoms with Crippen LogP contribution in [-0.4, -0.2) is 49.4 Å². The Kier molecular flexibility index (Phi) is 6.94. The fourth-order valence-electron chi connectivity index (χ4n) is 4.11. The molecule has 3 unspecified atom stereocenters. The number of rotatable bonds is 5. The van der Waals surface area contributed by atoms with Gasteiger partial charge < -0.3 is 20.6 Å². The molecule has 1 aliphatic heterocycles. The van der Waals surface area contributed by atoms with Crippen molar-refractivity contribution in [3.8, 4) is 6.07 Å². The van der Waals surface area contributed by atoms with Crippen LogP contribution in [0.2, 0.25) is 0 Å². The molecule has 1 aliphatic carbocycles. The van der Waals surface area contributed by atoms with E-state index < -0.39 is 0 Å². The lowest BCUT2D eigenvalue weighted by atomic mass is 10.0. The molecule has 1 saturated heterocycles. The van der Waals surface area contributed by atoms with Crippen molar-refractivity contribution in [3.05, 3.63) is 29.8 Å². The van der Waals surface area contributed by atoms with E-state index in [0.717, 1.165) is 68.9 Å². The van der Waals surface area contributed by atoms with Crippen LogP contribution in [-0.2, 0) is 0 Å². The highest BCUT2D eigenvalue weighted by Crippen LogP contribution is 2.26. The van der Waals surface area contributed by atoms with Crippen molar-refractivity contribution < 1.29 is 5.11 Å². The topological polar surface area (TPSA) is 83.7 Å². The lowest BCUT2D eigenvalue weighted by Gasteiger charge is -2.35. The van der Waals surface area contributed by atoms with Gasteiger partial charge in [-0.3, -0.25) is 4.99 Å². The first-order valence-corrected chi connectivity index (χ1v) is 10.2. The SMILES string of the molecule is CCNC(=NCC1CCCC1O)NC1CCCN(c2ccccc2C#N)C1. The van der Waals surface area contributed by atoms with Gasteiger partial charge in [0.05, 0.1) is 17.4 Å². The summed E-state index contributed by atoms with van der Waals surface area (Å²) in [6.07, 6.45) is 5.03. The van der Waals surface area contributed by atoms with Crippen molar-refractivity contribution in [2.24, 2.45) is 10.9 Å². The number of benzene rings is 1. The molecule has 3 atom stereocenters. The van der Waals surface area contributed by atoms with Gasteiger partial charge in [0.15, 0.2) is 5.96 Å². The molecule has 0 spiro atoms. The first-order chi connectivity index (χ1) is 13.2. The molecule has 0 bridgehead atoms. The lowest BCUT2D eigenvalue weighted by Crippen LogP contribution is -2.51. The van der Waals surface area contributed by atoms with Gasteiger partial charge in [-0.1, -0.05) is 18.6 Å². The molecular formula is C21H31N5O. The predicted molar refractivity (Wildman–Crippen MR) is 109 cm³/mol. The highest BCUT2D eigenvalue weighted by Gasteiger charge is 2.26. The van der Waals surface area contributed by atoms with Crippen molar-refractivity contribution in [2.45, 2.75) is 51.2 Å². The second-order valence-corrected chi connectivity index (χ2v) is 7.54. The van der Waals surface area contributed by atoms with Crippen LogP contribution in [0, 0.1) is 17.2 Å². The van der Waals surface area contributed by atoms with Crippen molar-refractivity contribution in [3.63, 3.8) is 0 Å². The van der Waals surface area contributed by atoms with Gasteiger partial charge in [0.1, 0.15) is 6.07 Å². The standard InChI is InChI=1S/C21H31N5O/c1-2-23-21(24-14-17-8-5-11-20(17)27)25-18-9-6-12-26(15-18)19-10-4-3-7-16(19)13-22/h3-4,7,10,17-18,20,27H,2,5-6,8-9,11-12,14-15H2,1H3,(H2,23,24,25). The first-order valence-electron chi connectivity index (χ1n) is 10.2. The molecule has 0 radical (unpaired) electrons. The molecule has 2 fully saturated rings. The summed E-state index contributed by atoms with van der Waals surface area (Å²) in [6, 6.07) is 10.4. The zero-order valence-electron chi connectivity index (χ0n) is 16.2. The molecular weight excluding hydrogens is 338 g/mol. The molecule has 6 nitrogen and oxygen atoms in total. The number of aliphatic imine (C=N–C) groups is 1. The number of para-hydroxylation sites is 1. The largest absolute Gasteiger partial charge is 0.393 e. The molecule has 2 aliphatic rings. The first kappa shape index (κ1) is 19.5. The van der Waals surface area contributed by atoms with Crippen molar-refractivity contribution in [1.82, 2.24) is 10.6 Å². The molecule has 1 aromatic rings. The van der Waals surface area contributed by atoms with E-state index in [9.17, 15) is 10.4 Å². The molecule has 146 valence electrons. The Balaban J connectivity index is 1.63. The number of piperidine rings is 1. The Morgan fingerprint density at radius 3 is 2.89 bits per heavy atom. The minimum atomic E-state index is -0.204. The summed E-state index contributed by atoms with van der Waals surface area (Å²) in [7, 11) is 0. The molecule has 27 heavy (non-hydrogen) atoms. The predicted octanol–water partition coefficient (Wildman–Crippen LogP) is 2.24. The smallest absolute Gasteiger partial charge is 0.191 e. The number of anilines is 1. The number of nitrogens with one attached hydrogen (secondary N) is 2. The molecule has 1 heterocycles. The second-order valence-electron chi connectivity index (χ2n) is 7.54. The number of aliphatic hydroxyl groups excluding tert-OH is 1. The van der Waals surface area contributed by atoms with E-state index in [1.54, 1.807) is 0 Å². The molecule has 3 rings (SSSR count). The van der Waals surface area contributed by atoms with Crippen molar-refractivity contribution >= 4 is 11.6 Å². The van der Waals surface area contributed by atoms with Gasteiger partial charge in [-0.2, -0.15) is 5.26 Å². The zero-order valence-corrected chi connectivity index (χ0v) is 16.2. The summed E-state index contributed by atoms with van der Waals surface area (Å²) in [6.45, 7) is 5.38. The van der Waals surface area contributed by atoms with Gasteiger partial charge in [0.2, 0.25) is 0 Å². The Hall–Kier alpha value is -2.26. The van der Waals surface area contributed by atoms with Gasteiger partial charge >= 0.3 is 0 Å². The summed E-state index contributed by atoms with van der Waals surface area (Å²) in [5.41, 5.74) is 1.75. The maximum Gasteiger partial charge on any atom is 0.191 e. The summed E-state index contributed by atoms with van der Waals surface area (Å²) in [4.78, 5) is 7.03. The molecule has 1 aromatic carbocycles. The Bertz CT molecular complexity index is 683. The van der Waals surface area contributed by atoms with Crippen molar-refractivity contribution in [2.75, 3.05) is 31.1 Å². The van der Waals surface area contributed by atoms with Gasteiger partial charge in [-0.05, 0) is 44.7 Å². The van der Waals surface area contributed by atoms with E-state index in [0.29, 0.717) is 6.54 Å². The zero-order chi connectivity index (χ0) is 19.1. The maximum absolute atomic E-state index is 10.0.